The third-order valence-electron chi connectivity index (χ3n) is 4.51. The molecule has 0 amide bonds. The van der Waals surface area contributed by atoms with Crippen molar-refractivity contribution in [3.63, 3.8) is 0 Å². The molecule has 1 aromatic rings. The van der Waals surface area contributed by atoms with Gasteiger partial charge in [0.15, 0.2) is 0 Å². The molecule has 1 aliphatic rings. The van der Waals surface area contributed by atoms with Crippen molar-refractivity contribution in [1.82, 2.24) is 0 Å². The van der Waals surface area contributed by atoms with E-state index in [0.717, 1.165) is 41.6 Å². The second-order valence-corrected chi connectivity index (χ2v) is 7.11. The summed E-state index contributed by atoms with van der Waals surface area (Å²) in [5.41, 5.74) is 6.70. The number of aliphatic hydroxyl groups is 1. The fourth-order valence-corrected chi connectivity index (χ4v) is 3.88. The van der Waals surface area contributed by atoms with Crippen LogP contribution in [0.1, 0.15) is 44.3 Å². The molecule has 0 heterocycles. The standard InChI is InChI=1S/C15H21BrClNO/c1-10-4-6-15(9-18,7-5-10)14(19)12-3-2-11(17)8-13(12)16/h2-3,8,10,14,19H,4-7,9,18H2,1H3. The van der Waals surface area contributed by atoms with Gasteiger partial charge in [0, 0.05) is 21.5 Å². The van der Waals surface area contributed by atoms with Crippen LogP contribution in [0.4, 0.5) is 0 Å². The van der Waals surface area contributed by atoms with E-state index in [0.29, 0.717) is 11.6 Å². The zero-order valence-corrected chi connectivity index (χ0v) is 13.5. The highest BCUT2D eigenvalue weighted by Gasteiger charge is 2.40. The fourth-order valence-electron chi connectivity index (χ4n) is 2.98. The van der Waals surface area contributed by atoms with Crippen LogP contribution in [-0.2, 0) is 0 Å². The number of hydrogen-bond acceptors (Lipinski definition) is 2. The predicted octanol–water partition coefficient (Wildman–Crippen LogP) is 4.29. The molecule has 3 N–H and O–H groups in total. The van der Waals surface area contributed by atoms with Crippen molar-refractivity contribution in [2.24, 2.45) is 17.1 Å². The van der Waals surface area contributed by atoms with Gasteiger partial charge in [-0.2, -0.15) is 0 Å². The van der Waals surface area contributed by atoms with E-state index in [9.17, 15) is 5.11 Å². The maximum Gasteiger partial charge on any atom is 0.0869 e. The average Bonchev–Trinajstić information content (AvgIpc) is 2.39. The number of rotatable bonds is 3. The monoisotopic (exact) mass is 345 g/mol. The molecule has 0 radical (unpaired) electrons. The first-order chi connectivity index (χ1) is 8.98. The van der Waals surface area contributed by atoms with Crippen molar-refractivity contribution in [3.8, 4) is 0 Å². The van der Waals surface area contributed by atoms with E-state index in [1.807, 2.05) is 18.2 Å². The van der Waals surface area contributed by atoms with Crippen molar-refractivity contribution in [1.29, 1.82) is 0 Å². The third kappa shape index (κ3) is 3.15. The number of hydrogen-bond donors (Lipinski definition) is 2. The lowest BCUT2D eigenvalue weighted by atomic mass is 9.66. The minimum Gasteiger partial charge on any atom is -0.388 e. The quantitative estimate of drug-likeness (QED) is 0.857. The van der Waals surface area contributed by atoms with Gasteiger partial charge in [-0.05, 0) is 36.5 Å². The van der Waals surface area contributed by atoms with E-state index < -0.39 is 6.10 Å². The van der Waals surface area contributed by atoms with E-state index in [1.54, 1.807) is 0 Å². The second-order valence-electron chi connectivity index (χ2n) is 5.82. The summed E-state index contributed by atoms with van der Waals surface area (Å²) in [5.74, 6) is 0.737. The van der Waals surface area contributed by atoms with E-state index in [4.69, 9.17) is 17.3 Å². The molecular weight excluding hydrogens is 326 g/mol. The Balaban J connectivity index is 2.27. The molecule has 2 nitrogen and oxygen atoms in total. The number of nitrogens with two attached hydrogens (primary N) is 1. The molecule has 19 heavy (non-hydrogen) atoms. The second kappa shape index (κ2) is 6.13. The zero-order valence-electron chi connectivity index (χ0n) is 11.2. The molecule has 0 saturated heterocycles. The van der Waals surface area contributed by atoms with Crippen LogP contribution in [0, 0.1) is 11.3 Å². The van der Waals surface area contributed by atoms with E-state index in [2.05, 4.69) is 22.9 Å². The van der Waals surface area contributed by atoms with Gasteiger partial charge in [0.05, 0.1) is 6.10 Å². The van der Waals surface area contributed by atoms with Crippen molar-refractivity contribution in [2.75, 3.05) is 6.54 Å². The van der Waals surface area contributed by atoms with Crippen LogP contribution in [-0.4, -0.2) is 11.7 Å². The summed E-state index contributed by atoms with van der Waals surface area (Å²) < 4.78 is 0.860. The summed E-state index contributed by atoms with van der Waals surface area (Å²) in [5, 5.41) is 11.5. The average molecular weight is 347 g/mol. The molecule has 0 bridgehead atoms. The highest BCUT2D eigenvalue weighted by atomic mass is 79.9. The number of halogens is 2. The summed E-state index contributed by atoms with van der Waals surface area (Å²) in [4.78, 5) is 0. The Kier molecular flexibility index (Phi) is 4.93. The molecule has 0 aliphatic heterocycles. The van der Waals surface area contributed by atoms with Gasteiger partial charge in [-0.1, -0.05) is 53.4 Å². The Labute approximate surface area is 128 Å². The van der Waals surface area contributed by atoms with Crippen molar-refractivity contribution in [3.05, 3.63) is 33.3 Å². The predicted molar refractivity (Wildman–Crippen MR) is 83.2 cm³/mol. The Morgan fingerprint density at radius 1 is 1.47 bits per heavy atom. The molecule has 4 heteroatoms. The minimum absolute atomic E-state index is 0.192. The van der Waals surface area contributed by atoms with E-state index in [-0.39, 0.29) is 5.41 Å². The number of aliphatic hydroxyl groups excluding tert-OH is 1. The topological polar surface area (TPSA) is 46.2 Å². The lowest BCUT2D eigenvalue weighted by Gasteiger charge is -2.42. The third-order valence-corrected chi connectivity index (χ3v) is 5.44. The van der Waals surface area contributed by atoms with E-state index in [1.165, 1.54) is 0 Å². The molecule has 1 fully saturated rings. The van der Waals surface area contributed by atoms with Gasteiger partial charge >= 0.3 is 0 Å². The van der Waals surface area contributed by atoms with Gasteiger partial charge in [0.25, 0.3) is 0 Å². The van der Waals surface area contributed by atoms with Crippen molar-refractivity contribution in [2.45, 2.75) is 38.7 Å². The highest BCUT2D eigenvalue weighted by Crippen LogP contribution is 2.48. The van der Waals surface area contributed by atoms with Gasteiger partial charge in [-0.3, -0.25) is 0 Å². The molecule has 2 rings (SSSR count). The van der Waals surface area contributed by atoms with Crippen molar-refractivity contribution < 1.29 is 5.11 Å². The molecule has 1 aromatic carbocycles. The first-order valence-electron chi connectivity index (χ1n) is 6.81. The summed E-state index contributed by atoms with van der Waals surface area (Å²) >= 11 is 9.45. The molecule has 0 spiro atoms. The van der Waals surface area contributed by atoms with Gasteiger partial charge in [-0.25, -0.2) is 0 Å². The molecule has 1 unspecified atom stereocenters. The van der Waals surface area contributed by atoms with Crippen LogP contribution < -0.4 is 5.73 Å². The smallest absolute Gasteiger partial charge is 0.0869 e. The Hall–Kier alpha value is -0.0900. The van der Waals surface area contributed by atoms with Gasteiger partial charge in [0.2, 0.25) is 0 Å². The van der Waals surface area contributed by atoms with Crippen molar-refractivity contribution >= 4 is 27.5 Å². The largest absolute Gasteiger partial charge is 0.388 e. The normalized spacial score (nSPS) is 29.2. The summed E-state index contributed by atoms with van der Waals surface area (Å²) in [6.07, 6.45) is 3.72. The van der Waals surface area contributed by atoms with E-state index >= 15 is 0 Å². The zero-order chi connectivity index (χ0) is 14.0. The van der Waals surface area contributed by atoms with Gasteiger partial charge < -0.3 is 10.8 Å². The SMILES string of the molecule is CC1CCC(CN)(C(O)c2ccc(Cl)cc2Br)CC1. The maximum atomic E-state index is 10.8. The maximum absolute atomic E-state index is 10.8. The minimum atomic E-state index is -0.531. The summed E-state index contributed by atoms with van der Waals surface area (Å²) in [7, 11) is 0. The van der Waals surface area contributed by atoms with Crippen LogP contribution >= 0.6 is 27.5 Å². The lowest BCUT2D eigenvalue weighted by molar-refractivity contribution is -0.00861. The molecule has 0 aromatic heterocycles. The molecule has 1 saturated carbocycles. The summed E-state index contributed by atoms with van der Waals surface area (Å²) in [6.45, 7) is 2.79. The van der Waals surface area contributed by atoms with Gasteiger partial charge in [-0.15, -0.1) is 0 Å². The molecular formula is C15H21BrClNO. The Bertz CT molecular complexity index is 444. The van der Waals surface area contributed by atoms with Gasteiger partial charge in [0.1, 0.15) is 0 Å². The first-order valence-corrected chi connectivity index (χ1v) is 7.99. The van der Waals surface area contributed by atoms with Crippen LogP contribution in [0.3, 0.4) is 0 Å². The molecule has 1 atom stereocenters. The number of benzene rings is 1. The summed E-state index contributed by atoms with van der Waals surface area (Å²) in [6, 6.07) is 5.54. The van der Waals surface area contributed by atoms with Crippen LogP contribution in [0.15, 0.2) is 22.7 Å². The molecule has 1 aliphatic carbocycles. The first kappa shape index (κ1) is 15.3. The van der Waals surface area contributed by atoms with Crippen LogP contribution in [0.5, 0.6) is 0 Å². The lowest BCUT2D eigenvalue weighted by Crippen LogP contribution is -2.40. The Morgan fingerprint density at radius 3 is 2.63 bits per heavy atom. The van der Waals surface area contributed by atoms with Crippen LogP contribution in [0.25, 0.3) is 0 Å². The Morgan fingerprint density at radius 2 is 2.11 bits per heavy atom. The van der Waals surface area contributed by atoms with Crippen LogP contribution in [0.2, 0.25) is 5.02 Å². The molecule has 106 valence electrons. The fraction of sp³-hybridized carbons (Fsp3) is 0.600. The highest BCUT2D eigenvalue weighted by molar-refractivity contribution is 9.10.